The number of hydrogen-bond acceptors (Lipinski definition) is 6. The number of nitrogens with zero attached hydrogens (tertiary/aromatic N) is 3. The first-order chi connectivity index (χ1) is 9.21. The van der Waals surface area contributed by atoms with Gasteiger partial charge < -0.3 is 10.5 Å². The number of thiazole rings is 1. The van der Waals surface area contributed by atoms with Crippen LogP contribution in [0, 0.1) is 6.92 Å². The molecule has 0 aromatic carbocycles. The van der Waals surface area contributed by atoms with Gasteiger partial charge in [-0.25, -0.2) is 15.0 Å². The Labute approximate surface area is 122 Å². The average Bonchev–Trinajstić information content (AvgIpc) is 2.79. The highest BCUT2D eigenvalue weighted by Crippen LogP contribution is 2.50. The first kappa shape index (κ1) is 13.5. The molecule has 3 heterocycles. The molecule has 5 nitrogen and oxygen atoms in total. The Balaban J connectivity index is 2.16. The zero-order valence-corrected chi connectivity index (χ0v) is 13.1. The van der Waals surface area contributed by atoms with Crippen molar-refractivity contribution in [3.8, 4) is 10.6 Å². The Hall–Kier alpha value is -1.53. The predicted octanol–water partition coefficient (Wildman–Crippen LogP) is 2.99. The maximum absolute atomic E-state index is 6.07. The molecule has 0 fully saturated rings. The number of aryl methyl sites for hydroxylation is 1. The third-order valence-corrected chi connectivity index (χ3v) is 4.82. The van der Waals surface area contributed by atoms with E-state index < -0.39 is 0 Å². The molecule has 2 aromatic rings. The summed E-state index contributed by atoms with van der Waals surface area (Å²) >= 11 is 1.61. The number of nitrogen functional groups attached to an aromatic ring is 1. The molecule has 2 aromatic heterocycles. The lowest BCUT2D eigenvalue weighted by Gasteiger charge is -2.24. The van der Waals surface area contributed by atoms with Gasteiger partial charge in [0.25, 0.3) is 0 Å². The van der Waals surface area contributed by atoms with Gasteiger partial charge in [-0.3, -0.25) is 0 Å². The van der Waals surface area contributed by atoms with Crippen LogP contribution in [0.3, 0.4) is 0 Å². The van der Waals surface area contributed by atoms with Gasteiger partial charge in [0.1, 0.15) is 22.3 Å². The molecule has 1 aliphatic rings. The second kappa shape index (κ2) is 3.99. The molecule has 20 heavy (non-hydrogen) atoms. The van der Waals surface area contributed by atoms with Crippen LogP contribution in [0.25, 0.3) is 10.6 Å². The first-order valence-electron chi connectivity index (χ1n) is 6.52. The summed E-state index contributed by atoms with van der Waals surface area (Å²) in [4.78, 5) is 14.3. The van der Waals surface area contributed by atoms with Crippen LogP contribution in [0.2, 0.25) is 0 Å². The van der Waals surface area contributed by atoms with E-state index in [9.17, 15) is 0 Å². The van der Waals surface area contributed by atoms with Crippen LogP contribution in [0.5, 0.6) is 0 Å². The molecule has 106 valence electrons. The predicted molar refractivity (Wildman–Crippen MR) is 79.4 cm³/mol. The number of rotatable bonds is 1. The Morgan fingerprint density at radius 1 is 1.15 bits per heavy atom. The van der Waals surface area contributed by atoms with E-state index in [1.54, 1.807) is 17.5 Å². The lowest BCUT2D eigenvalue weighted by atomic mass is 10.0. The second-order valence-electron chi connectivity index (χ2n) is 6.04. The highest BCUT2D eigenvalue weighted by molar-refractivity contribution is 7.15. The van der Waals surface area contributed by atoms with Crippen molar-refractivity contribution in [2.45, 2.75) is 45.8 Å². The van der Waals surface area contributed by atoms with E-state index in [4.69, 9.17) is 15.5 Å². The molecule has 0 amide bonds. The number of ether oxygens (including phenoxy) is 1. The van der Waals surface area contributed by atoms with Crippen molar-refractivity contribution in [2.75, 3.05) is 5.73 Å². The van der Waals surface area contributed by atoms with E-state index in [1.165, 1.54) is 0 Å². The van der Waals surface area contributed by atoms with Crippen LogP contribution in [-0.2, 0) is 15.9 Å². The molecular weight excluding hydrogens is 272 g/mol. The van der Waals surface area contributed by atoms with Gasteiger partial charge in [-0.1, -0.05) is 0 Å². The van der Waals surface area contributed by atoms with E-state index in [-0.39, 0.29) is 11.2 Å². The quantitative estimate of drug-likeness (QED) is 0.874. The van der Waals surface area contributed by atoms with Gasteiger partial charge in [-0.2, -0.15) is 0 Å². The third-order valence-electron chi connectivity index (χ3n) is 3.42. The molecule has 0 saturated carbocycles. The molecule has 0 spiro atoms. The standard InChI is InChI=1S/C14H18N4OS/c1-7-16-6-8(11(15)17-7)12-18-9-10(20-12)14(4,5)19-13(9,2)3/h6H,1-5H3,(H2,15,16,17). The van der Waals surface area contributed by atoms with Crippen LogP contribution < -0.4 is 5.73 Å². The number of anilines is 1. The molecule has 3 rings (SSSR count). The third kappa shape index (κ3) is 1.91. The van der Waals surface area contributed by atoms with Crippen LogP contribution >= 0.6 is 11.3 Å². The summed E-state index contributed by atoms with van der Waals surface area (Å²) < 4.78 is 6.07. The molecule has 1 aliphatic heterocycles. The molecule has 2 N–H and O–H groups in total. The number of aromatic nitrogens is 3. The fourth-order valence-electron chi connectivity index (χ4n) is 2.64. The maximum Gasteiger partial charge on any atom is 0.137 e. The van der Waals surface area contributed by atoms with Gasteiger partial charge in [-0.05, 0) is 34.6 Å². The Morgan fingerprint density at radius 3 is 2.45 bits per heavy atom. The SMILES string of the molecule is Cc1ncc(-c2nc3c(s2)C(C)(C)OC3(C)C)c(N)n1. The van der Waals surface area contributed by atoms with Crippen molar-refractivity contribution in [1.82, 2.24) is 15.0 Å². The lowest BCUT2D eigenvalue weighted by molar-refractivity contribution is -0.105. The molecule has 0 atom stereocenters. The van der Waals surface area contributed by atoms with Crippen LogP contribution in [0.1, 0.15) is 44.1 Å². The smallest absolute Gasteiger partial charge is 0.137 e. The minimum absolute atomic E-state index is 0.324. The largest absolute Gasteiger partial charge is 0.383 e. The normalized spacial score (nSPS) is 19.1. The maximum atomic E-state index is 6.07. The topological polar surface area (TPSA) is 73.9 Å². The highest BCUT2D eigenvalue weighted by Gasteiger charge is 2.46. The lowest BCUT2D eigenvalue weighted by Crippen LogP contribution is -2.23. The Bertz CT molecular complexity index is 659. The summed E-state index contributed by atoms with van der Waals surface area (Å²) in [6.45, 7) is 10.0. The Kier molecular flexibility index (Phi) is 2.68. The van der Waals surface area contributed by atoms with E-state index in [0.717, 1.165) is 21.1 Å². The fourth-order valence-corrected chi connectivity index (χ4v) is 3.91. The minimum Gasteiger partial charge on any atom is -0.383 e. The fraction of sp³-hybridized carbons (Fsp3) is 0.500. The summed E-state index contributed by atoms with van der Waals surface area (Å²) in [7, 11) is 0. The number of hydrogen-bond donors (Lipinski definition) is 1. The Morgan fingerprint density at radius 2 is 1.85 bits per heavy atom. The van der Waals surface area contributed by atoms with Crippen LogP contribution in [0.15, 0.2) is 6.20 Å². The van der Waals surface area contributed by atoms with Crippen molar-refractivity contribution in [2.24, 2.45) is 0 Å². The van der Waals surface area contributed by atoms with E-state index in [2.05, 4.69) is 23.8 Å². The van der Waals surface area contributed by atoms with Crippen molar-refractivity contribution < 1.29 is 4.74 Å². The summed E-state index contributed by atoms with van der Waals surface area (Å²) in [6, 6.07) is 0. The molecule has 0 saturated heterocycles. The molecular formula is C14H18N4OS. The molecule has 0 radical (unpaired) electrons. The van der Waals surface area contributed by atoms with Crippen LogP contribution in [0.4, 0.5) is 5.82 Å². The zero-order valence-electron chi connectivity index (χ0n) is 12.3. The molecule has 0 bridgehead atoms. The van der Waals surface area contributed by atoms with Gasteiger partial charge in [0.15, 0.2) is 0 Å². The van der Waals surface area contributed by atoms with Gasteiger partial charge in [0, 0.05) is 6.20 Å². The van der Waals surface area contributed by atoms with Crippen LogP contribution in [-0.4, -0.2) is 15.0 Å². The van der Waals surface area contributed by atoms with E-state index in [1.807, 2.05) is 20.8 Å². The number of fused-ring (bicyclic) bond motifs is 1. The van der Waals surface area contributed by atoms with Gasteiger partial charge >= 0.3 is 0 Å². The molecule has 6 heteroatoms. The van der Waals surface area contributed by atoms with Crippen molar-refractivity contribution in [1.29, 1.82) is 0 Å². The first-order valence-corrected chi connectivity index (χ1v) is 7.34. The van der Waals surface area contributed by atoms with Crippen molar-refractivity contribution in [3.63, 3.8) is 0 Å². The zero-order chi connectivity index (χ0) is 14.7. The van der Waals surface area contributed by atoms with E-state index in [0.29, 0.717) is 11.6 Å². The van der Waals surface area contributed by atoms with Crippen molar-refractivity contribution >= 4 is 17.2 Å². The monoisotopic (exact) mass is 290 g/mol. The van der Waals surface area contributed by atoms with Gasteiger partial charge in [0.05, 0.1) is 21.7 Å². The molecule has 0 unspecified atom stereocenters. The number of nitrogens with two attached hydrogens (primary N) is 1. The molecule has 0 aliphatic carbocycles. The second-order valence-corrected chi connectivity index (χ2v) is 7.03. The summed E-state index contributed by atoms with van der Waals surface area (Å²) in [5.41, 5.74) is 7.07. The highest BCUT2D eigenvalue weighted by atomic mass is 32.1. The summed E-state index contributed by atoms with van der Waals surface area (Å²) in [5.74, 6) is 1.14. The average molecular weight is 290 g/mol. The van der Waals surface area contributed by atoms with Gasteiger partial charge in [-0.15, -0.1) is 11.3 Å². The van der Waals surface area contributed by atoms with Crippen molar-refractivity contribution in [3.05, 3.63) is 22.6 Å². The van der Waals surface area contributed by atoms with E-state index >= 15 is 0 Å². The minimum atomic E-state index is -0.381. The van der Waals surface area contributed by atoms with Gasteiger partial charge in [0.2, 0.25) is 0 Å². The summed E-state index contributed by atoms with van der Waals surface area (Å²) in [6.07, 6.45) is 1.74. The summed E-state index contributed by atoms with van der Waals surface area (Å²) in [5, 5.41) is 0.858.